The summed E-state index contributed by atoms with van der Waals surface area (Å²) in [5.41, 5.74) is 0.659. The number of carbonyl (C=O) groups is 1. The van der Waals surface area contributed by atoms with Gasteiger partial charge in [0.1, 0.15) is 4.88 Å². The predicted octanol–water partition coefficient (Wildman–Crippen LogP) is 3.86. The first kappa shape index (κ1) is 14.5. The molecule has 2 aromatic rings. The maximum Gasteiger partial charge on any atom is 0.347 e. The molecule has 0 aliphatic heterocycles. The molecule has 0 fully saturated rings. The van der Waals surface area contributed by atoms with Crippen molar-refractivity contribution in [2.24, 2.45) is 0 Å². The minimum atomic E-state index is -0.895. The van der Waals surface area contributed by atoms with Crippen LogP contribution in [-0.2, 0) is 13.0 Å². The highest BCUT2D eigenvalue weighted by molar-refractivity contribution is 9.10. The van der Waals surface area contributed by atoms with Gasteiger partial charge in [0.15, 0.2) is 5.13 Å². The van der Waals surface area contributed by atoms with E-state index in [-0.39, 0.29) is 0 Å². The van der Waals surface area contributed by atoms with Crippen molar-refractivity contribution < 1.29 is 9.90 Å². The van der Waals surface area contributed by atoms with Crippen molar-refractivity contribution in [1.82, 2.24) is 4.98 Å². The SMILES string of the molecule is CCc1nc(N(C)Cc2cc(Br)cs2)sc1C(=O)O. The highest BCUT2D eigenvalue weighted by Gasteiger charge is 2.18. The Morgan fingerprint density at radius 1 is 1.58 bits per heavy atom. The monoisotopic (exact) mass is 360 g/mol. The molecule has 0 aromatic carbocycles. The van der Waals surface area contributed by atoms with Gasteiger partial charge in [0, 0.05) is 21.8 Å². The smallest absolute Gasteiger partial charge is 0.347 e. The number of aromatic nitrogens is 1. The Bertz CT molecular complexity index is 594. The lowest BCUT2D eigenvalue weighted by molar-refractivity contribution is 0.0701. The van der Waals surface area contributed by atoms with Crippen LogP contribution in [0.25, 0.3) is 0 Å². The third-order valence-electron chi connectivity index (χ3n) is 2.56. The Morgan fingerprint density at radius 2 is 2.32 bits per heavy atom. The van der Waals surface area contributed by atoms with E-state index in [4.69, 9.17) is 5.11 Å². The lowest BCUT2D eigenvalue weighted by atomic mass is 10.3. The number of hydrogen-bond acceptors (Lipinski definition) is 5. The van der Waals surface area contributed by atoms with Gasteiger partial charge in [-0.05, 0) is 28.4 Å². The maximum absolute atomic E-state index is 11.1. The van der Waals surface area contributed by atoms with E-state index in [9.17, 15) is 4.79 Å². The summed E-state index contributed by atoms with van der Waals surface area (Å²) in [6, 6.07) is 2.06. The second kappa shape index (κ2) is 6.02. The van der Waals surface area contributed by atoms with E-state index in [0.29, 0.717) is 17.0 Å². The van der Waals surface area contributed by atoms with E-state index in [1.54, 1.807) is 11.3 Å². The van der Waals surface area contributed by atoms with Crippen molar-refractivity contribution in [1.29, 1.82) is 0 Å². The number of halogens is 1. The molecule has 7 heteroatoms. The number of nitrogens with zero attached hydrogens (tertiary/aromatic N) is 2. The van der Waals surface area contributed by atoms with Gasteiger partial charge in [0.2, 0.25) is 0 Å². The minimum absolute atomic E-state index is 0.344. The van der Waals surface area contributed by atoms with Gasteiger partial charge in [-0.3, -0.25) is 0 Å². The molecule has 0 aliphatic rings. The van der Waals surface area contributed by atoms with E-state index in [1.165, 1.54) is 16.2 Å². The third kappa shape index (κ3) is 3.34. The van der Waals surface area contributed by atoms with E-state index in [2.05, 4.69) is 27.0 Å². The summed E-state index contributed by atoms with van der Waals surface area (Å²) in [7, 11) is 1.93. The van der Waals surface area contributed by atoms with Gasteiger partial charge in [-0.15, -0.1) is 11.3 Å². The second-order valence-electron chi connectivity index (χ2n) is 4.02. The molecular weight excluding hydrogens is 348 g/mol. The molecule has 0 unspecified atom stereocenters. The fourth-order valence-corrected chi connectivity index (χ4v) is 4.10. The van der Waals surface area contributed by atoms with Crippen LogP contribution >= 0.6 is 38.6 Å². The van der Waals surface area contributed by atoms with Crippen molar-refractivity contribution in [3.63, 3.8) is 0 Å². The zero-order valence-corrected chi connectivity index (χ0v) is 13.7. The number of carboxylic acids is 1. The van der Waals surface area contributed by atoms with E-state index < -0.39 is 5.97 Å². The summed E-state index contributed by atoms with van der Waals surface area (Å²) in [5, 5.41) is 11.9. The first-order valence-corrected chi connectivity index (χ1v) is 8.17. The zero-order valence-electron chi connectivity index (χ0n) is 10.5. The highest BCUT2D eigenvalue weighted by Crippen LogP contribution is 2.28. The van der Waals surface area contributed by atoms with Crippen LogP contribution in [0.5, 0.6) is 0 Å². The Labute approximate surface area is 127 Å². The lowest BCUT2D eigenvalue weighted by Gasteiger charge is -2.13. The molecule has 1 N–H and O–H groups in total. The summed E-state index contributed by atoms with van der Waals surface area (Å²) in [4.78, 5) is 19.1. The topological polar surface area (TPSA) is 53.4 Å². The molecule has 4 nitrogen and oxygen atoms in total. The molecule has 19 heavy (non-hydrogen) atoms. The number of thiazole rings is 1. The highest BCUT2D eigenvalue weighted by atomic mass is 79.9. The maximum atomic E-state index is 11.1. The second-order valence-corrected chi connectivity index (χ2v) is 6.91. The zero-order chi connectivity index (χ0) is 14.0. The molecule has 0 bridgehead atoms. The van der Waals surface area contributed by atoms with Gasteiger partial charge in [0.05, 0.1) is 12.2 Å². The van der Waals surface area contributed by atoms with Crippen LogP contribution in [0.1, 0.15) is 27.2 Å². The molecule has 0 saturated carbocycles. The average molecular weight is 361 g/mol. The standard InChI is InChI=1S/C12H13BrN2O2S2/c1-3-9-10(11(16)17)19-12(14-9)15(2)5-8-4-7(13)6-18-8/h4,6H,3,5H2,1-2H3,(H,16,17). The van der Waals surface area contributed by atoms with Gasteiger partial charge < -0.3 is 10.0 Å². The molecule has 2 heterocycles. The van der Waals surface area contributed by atoms with Gasteiger partial charge in [-0.2, -0.15) is 0 Å². The van der Waals surface area contributed by atoms with Crippen LogP contribution in [0.4, 0.5) is 5.13 Å². The summed E-state index contributed by atoms with van der Waals surface area (Å²) in [5.74, 6) is -0.895. The Hall–Kier alpha value is -0.920. The lowest BCUT2D eigenvalue weighted by Crippen LogP contribution is -2.15. The largest absolute Gasteiger partial charge is 0.477 e. The Morgan fingerprint density at radius 3 is 2.79 bits per heavy atom. The van der Waals surface area contributed by atoms with E-state index >= 15 is 0 Å². The normalized spacial score (nSPS) is 10.7. The van der Waals surface area contributed by atoms with Crippen molar-refractivity contribution in [2.45, 2.75) is 19.9 Å². The molecule has 0 aliphatic carbocycles. The van der Waals surface area contributed by atoms with Gasteiger partial charge in [0.25, 0.3) is 0 Å². The predicted molar refractivity (Wildman–Crippen MR) is 82.6 cm³/mol. The van der Waals surface area contributed by atoms with Crippen molar-refractivity contribution in [3.05, 3.63) is 31.4 Å². The Balaban J connectivity index is 2.19. The number of rotatable bonds is 5. The average Bonchev–Trinajstić information content (AvgIpc) is 2.95. The number of aromatic carboxylic acids is 1. The van der Waals surface area contributed by atoms with Gasteiger partial charge >= 0.3 is 5.97 Å². The fraction of sp³-hybridized carbons (Fsp3) is 0.333. The van der Waals surface area contributed by atoms with Crippen LogP contribution < -0.4 is 4.90 Å². The first-order valence-electron chi connectivity index (χ1n) is 5.68. The third-order valence-corrected chi connectivity index (χ3v) is 5.44. The van der Waals surface area contributed by atoms with Crippen molar-refractivity contribution in [2.75, 3.05) is 11.9 Å². The molecule has 0 radical (unpaired) electrons. The first-order chi connectivity index (χ1) is 9.01. The number of aryl methyl sites for hydroxylation is 1. The van der Waals surface area contributed by atoms with Crippen LogP contribution in [0, 0.1) is 0 Å². The molecule has 102 valence electrons. The van der Waals surface area contributed by atoms with E-state index in [0.717, 1.165) is 16.1 Å². The van der Waals surface area contributed by atoms with Crippen LogP contribution in [-0.4, -0.2) is 23.1 Å². The quantitative estimate of drug-likeness (QED) is 0.879. The van der Waals surface area contributed by atoms with Crippen molar-refractivity contribution >= 4 is 49.7 Å². The molecular formula is C12H13BrN2O2S2. The Kier molecular flexibility index (Phi) is 4.59. The summed E-state index contributed by atoms with van der Waals surface area (Å²) >= 11 is 6.33. The fourth-order valence-electron chi connectivity index (χ4n) is 1.65. The van der Waals surface area contributed by atoms with Gasteiger partial charge in [-0.25, -0.2) is 9.78 Å². The van der Waals surface area contributed by atoms with Crippen LogP contribution in [0.2, 0.25) is 0 Å². The van der Waals surface area contributed by atoms with E-state index in [1.807, 2.05) is 24.3 Å². The molecule has 0 spiro atoms. The number of hydrogen-bond donors (Lipinski definition) is 1. The molecule has 0 atom stereocenters. The molecule has 2 rings (SSSR count). The minimum Gasteiger partial charge on any atom is -0.477 e. The number of carboxylic acid groups (broad SMARTS) is 1. The molecule has 0 saturated heterocycles. The van der Waals surface area contributed by atoms with Gasteiger partial charge in [-0.1, -0.05) is 18.3 Å². The number of anilines is 1. The molecule has 2 aromatic heterocycles. The van der Waals surface area contributed by atoms with Crippen molar-refractivity contribution in [3.8, 4) is 0 Å². The van der Waals surface area contributed by atoms with Crippen LogP contribution in [0.15, 0.2) is 15.9 Å². The van der Waals surface area contributed by atoms with Crippen LogP contribution in [0.3, 0.4) is 0 Å². The summed E-state index contributed by atoms with van der Waals surface area (Å²) < 4.78 is 1.07. The summed E-state index contributed by atoms with van der Waals surface area (Å²) in [6.45, 7) is 2.65. The summed E-state index contributed by atoms with van der Waals surface area (Å²) in [6.07, 6.45) is 0.635. The number of thiophene rings is 1. The molecule has 0 amide bonds.